The van der Waals surface area contributed by atoms with E-state index in [4.69, 9.17) is 15.9 Å². The first-order valence-electron chi connectivity index (χ1n) is 4.56. The van der Waals surface area contributed by atoms with E-state index in [-0.39, 0.29) is 0 Å². The van der Waals surface area contributed by atoms with Crippen LogP contribution in [0.2, 0.25) is 0 Å². The van der Waals surface area contributed by atoms with Gasteiger partial charge in [0.2, 0.25) is 0 Å². The van der Waals surface area contributed by atoms with Gasteiger partial charge in [-0.05, 0) is 40.0 Å². The molecule has 0 aliphatic carbocycles. The van der Waals surface area contributed by atoms with E-state index in [1.165, 1.54) is 0 Å². The average Bonchev–Trinajstić information content (AvgIpc) is 2.27. The van der Waals surface area contributed by atoms with Crippen LogP contribution in [0, 0.1) is 12.3 Å². The molecule has 0 aliphatic heterocycles. The number of rotatable bonds is 4. The Bertz CT molecular complexity index is 355. The first-order chi connectivity index (χ1) is 7.22. The second-order valence-electron chi connectivity index (χ2n) is 3.02. The smallest absolute Gasteiger partial charge is 0.137 e. The molecule has 0 bridgehead atoms. The Labute approximate surface area is 98.7 Å². The van der Waals surface area contributed by atoms with Gasteiger partial charge in [0.15, 0.2) is 0 Å². The third kappa shape index (κ3) is 2.90. The molecule has 0 aliphatic rings. The van der Waals surface area contributed by atoms with Crippen molar-refractivity contribution in [3.8, 4) is 23.8 Å². The highest BCUT2D eigenvalue weighted by molar-refractivity contribution is 9.10. The molecule has 1 aromatic rings. The van der Waals surface area contributed by atoms with Crippen molar-refractivity contribution in [3.05, 3.63) is 22.2 Å². The van der Waals surface area contributed by atoms with Crippen LogP contribution in [0.5, 0.6) is 11.5 Å². The molecule has 0 N–H and O–H groups in total. The highest BCUT2D eigenvalue weighted by Crippen LogP contribution is 2.35. The number of benzene rings is 1. The molecule has 0 fully saturated rings. The minimum Gasteiger partial charge on any atom is -0.495 e. The van der Waals surface area contributed by atoms with Gasteiger partial charge in [0.25, 0.3) is 0 Å². The predicted octanol–water partition coefficient (Wildman–Crippen LogP) is 3.03. The Hall–Kier alpha value is -1.14. The summed E-state index contributed by atoms with van der Waals surface area (Å²) in [5.74, 6) is 4.14. The maximum absolute atomic E-state index is 5.23. The van der Waals surface area contributed by atoms with Crippen LogP contribution in [0.15, 0.2) is 16.6 Å². The van der Waals surface area contributed by atoms with Crippen molar-refractivity contribution in [2.75, 3.05) is 14.2 Å². The van der Waals surface area contributed by atoms with E-state index in [1.807, 2.05) is 12.1 Å². The standard InChI is InChI=1S/C12H13BrO2/c1-4-5-6-9-7-10(14-2)12(13)11(8-9)15-3/h1,7-8H,5-6H2,2-3H3. The van der Waals surface area contributed by atoms with Crippen LogP contribution in [0.1, 0.15) is 12.0 Å². The van der Waals surface area contributed by atoms with E-state index >= 15 is 0 Å². The van der Waals surface area contributed by atoms with E-state index in [0.29, 0.717) is 6.42 Å². The molecule has 0 aromatic heterocycles. The Morgan fingerprint density at radius 2 is 1.80 bits per heavy atom. The Balaban J connectivity index is 3.04. The van der Waals surface area contributed by atoms with E-state index in [2.05, 4.69) is 21.9 Å². The minimum absolute atomic E-state index is 0.716. The van der Waals surface area contributed by atoms with Crippen molar-refractivity contribution in [3.63, 3.8) is 0 Å². The Morgan fingerprint density at radius 3 is 2.20 bits per heavy atom. The summed E-state index contributed by atoms with van der Waals surface area (Å²) in [4.78, 5) is 0. The number of aryl methyl sites for hydroxylation is 1. The molecule has 0 atom stereocenters. The van der Waals surface area contributed by atoms with Crippen molar-refractivity contribution in [2.45, 2.75) is 12.8 Å². The summed E-state index contributed by atoms with van der Waals surface area (Å²) in [5.41, 5.74) is 1.12. The largest absolute Gasteiger partial charge is 0.495 e. The van der Waals surface area contributed by atoms with Gasteiger partial charge in [-0.2, -0.15) is 0 Å². The zero-order valence-corrected chi connectivity index (χ0v) is 10.4. The highest BCUT2D eigenvalue weighted by atomic mass is 79.9. The van der Waals surface area contributed by atoms with Crippen LogP contribution in [-0.4, -0.2) is 14.2 Å². The number of hydrogen-bond acceptors (Lipinski definition) is 2. The lowest BCUT2D eigenvalue weighted by Gasteiger charge is -2.10. The van der Waals surface area contributed by atoms with Gasteiger partial charge in [-0.25, -0.2) is 0 Å². The lowest BCUT2D eigenvalue weighted by molar-refractivity contribution is 0.388. The van der Waals surface area contributed by atoms with Crippen molar-refractivity contribution in [1.82, 2.24) is 0 Å². The summed E-state index contributed by atoms with van der Waals surface area (Å²) < 4.78 is 11.3. The van der Waals surface area contributed by atoms with Crippen molar-refractivity contribution in [1.29, 1.82) is 0 Å². The number of hydrogen-bond donors (Lipinski definition) is 0. The summed E-state index contributed by atoms with van der Waals surface area (Å²) in [7, 11) is 3.26. The van der Waals surface area contributed by atoms with Crippen LogP contribution < -0.4 is 9.47 Å². The van der Waals surface area contributed by atoms with E-state index in [9.17, 15) is 0 Å². The van der Waals surface area contributed by atoms with Crippen molar-refractivity contribution < 1.29 is 9.47 Å². The number of methoxy groups -OCH3 is 2. The van der Waals surface area contributed by atoms with Crippen LogP contribution in [0.3, 0.4) is 0 Å². The van der Waals surface area contributed by atoms with Gasteiger partial charge >= 0.3 is 0 Å². The molecular formula is C12H13BrO2. The highest BCUT2D eigenvalue weighted by Gasteiger charge is 2.09. The molecule has 0 saturated heterocycles. The zero-order chi connectivity index (χ0) is 11.3. The van der Waals surface area contributed by atoms with Gasteiger partial charge in [0.05, 0.1) is 14.2 Å². The second kappa shape index (κ2) is 5.67. The van der Waals surface area contributed by atoms with Gasteiger partial charge in [-0.3, -0.25) is 0 Å². The quantitative estimate of drug-likeness (QED) is 0.782. The Kier molecular flexibility index (Phi) is 4.51. The zero-order valence-electron chi connectivity index (χ0n) is 8.84. The lowest BCUT2D eigenvalue weighted by atomic mass is 10.1. The molecule has 3 heteroatoms. The summed E-state index contributed by atoms with van der Waals surface area (Å²) in [6.07, 6.45) is 6.77. The van der Waals surface area contributed by atoms with E-state index < -0.39 is 0 Å². The second-order valence-corrected chi connectivity index (χ2v) is 3.81. The van der Waals surface area contributed by atoms with Gasteiger partial charge < -0.3 is 9.47 Å². The first kappa shape index (κ1) is 11.9. The average molecular weight is 269 g/mol. The predicted molar refractivity (Wildman–Crippen MR) is 64.4 cm³/mol. The maximum atomic E-state index is 5.23. The molecule has 2 nitrogen and oxygen atoms in total. The Morgan fingerprint density at radius 1 is 1.27 bits per heavy atom. The topological polar surface area (TPSA) is 18.5 Å². The van der Waals surface area contributed by atoms with Crippen molar-refractivity contribution >= 4 is 15.9 Å². The third-order valence-electron chi connectivity index (χ3n) is 2.06. The van der Waals surface area contributed by atoms with Gasteiger partial charge in [-0.1, -0.05) is 0 Å². The first-order valence-corrected chi connectivity index (χ1v) is 5.36. The van der Waals surface area contributed by atoms with Crippen molar-refractivity contribution in [2.24, 2.45) is 0 Å². The lowest BCUT2D eigenvalue weighted by Crippen LogP contribution is -1.93. The van der Waals surface area contributed by atoms with Crippen LogP contribution in [0.4, 0.5) is 0 Å². The monoisotopic (exact) mass is 268 g/mol. The minimum atomic E-state index is 0.716. The van der Waals surface area contributed by atoms with E-state index in [1.54, 1.807) is 14.2 Å². The molecule has 0 saturated carbocycles. The number of terminal acetylenes is 1. The fourth-order valence-corrected chi connectivity index (χ4v) is 1.84. The van der Waals surface area contributed by atoms with E-state index in [0.717, 1.165) is 28.0 Å². The molecule has 0 spiro atoms. The third-order valence-corrected chi connectivity index (χ3v) is 2.85. The summed E-state index contributed by atoms with van der Waals surface area (Å²) in [6.45, 7) is 0. The fraction of sp³-hybridized carbons (Fsp3) is 0.333. The molecule has 15 heavy (non-hydrogen) atoms. The van der Waals surface area contributed by atoms with Crippen LogP contribution in [0.25, 0.3) is 0 Å². The van der Waals surface area contributed by atoms with Gasteiger partial charge in [0, 0.05) is 6.42 Å². The fourth-order valence-electron chi connectivity index (χ4n) is 1.28. The molecule has 0 unspecified atom stereocenters. The summed E-state index contributed by atoms with van der Waals surface area (Å²) >= 11 is 3.41. The number of ether oxygens (including phenoxy) is 2. The maximum Gasteiger partial charge on any atom is 0.137 e. The molecule has 80 valence electrons. The number of halogens is 1. The summed E-state index contributed by atoms with van der Waals surface area (Å²) in [6, 6.07) is 3.92. The van der Waals surface area contributed by atoms with Gasteiger partial charge in [0.1, 0.15) is 16.0 Å². The molecular weight excluding hydrogens is 256 g/mol. The molecule has 1 rings (SSSR count). The molecule has 0 radical (unpaired) electrons. The molecule has 0 heterocycles. The molecule has 0 amide bonds. The molecule has 1 aromatic carbocycles. The normalized spacial score (nSPS) is 9.47. The SMILES string of the molecule is C#CCCc1cc(OC)c(Br)c(OC)c1. The van der Waals surface area contributed by atoms with Crippen LogP contribution >= 0.6 is 15.9 Å². The van der Waals surface area contributed by atoms with Crippen LogP contribution in [-0.2, 0) is 6.42 Å². The summed E-state index contributed by atoms with van der Waals surface area (Å²) in [5, 5.41) is 0. The van der Waals surface area contributed by atoms with Gasteiger partial charge in [-0.15, -0.1) is 12.3 Å².